The van der Waals surface area contributed by atoms with Gasteiger partial charge >= 0.3 is 5.97 Å². The van der Waals surface area contributed by atoms with Gasteiger partial charge in [-0.3, -0.25) is 0 Å². The van der Waals surface area contributed by atoms with Gasteiger partial charge in [0.25, 0.3) is 0 Å². The highest BCUT2D eigenvalue weighted by molar-refractivity contribution is 5.93. The fourth-order valence-electron chi connectivity index (χ4n) is 5.09. The summed E-state index contributed by atoms with van der Waals surface area (Å²) >= 11 is 0. The van der Waals surface area contributed by atoms with Gasteiger partial charge < -0.3 is 19.7 Å². The Morgan fingerprint density at radius 1 is 1.21 bits per heavy atom. The van der Waals surface area contributed by atoms with Crippen LogP contribution in [0, 0.1) is 11.3 Å². The largest absolute Gasteiger partial charge is 0.472 e. The van der Waals surface area contributed by atoms with Crippen LogP contribution in [-0.4, -0.2) is 30.9 Å². The van der Waals surface area contributed by atoms with Crippen LogP contribution in [0.2, 0.25) is 0 Å². The quantitative estimate of drug-likeness (QED) is 0.719. The molecule has 0 radical (unpaired) electrons. The summed E-state index contributed by atoms with van der Waals surface area (Å²) in [6, 6.07) is 7.98. The molecular formula is C24H34N2O3. The Balaban J connectivity index is 1.47. The summed E-state index contributed by atoms with van der Waals surface area (Å²) in [7, 11) is 0. The van der Waals surface area contributed by atoms with E-state index in [-0.39, 0.29) is 24.3 Å². The summed E-state index contributed by atoms with van der Waals surface area (Å²) in [5, 5.41) is 3.52. The summed E-state index contributed by atoms with van der Waals surface area (Å²) in [4.78, 5) is 15.4. The first kappa shape index (κ1) is 20.1. The maximum absolute atomic E-state index is 13.1. The lowest BCUT2D eigenvalue weighted by atomic mass is 9.72. The van der Waals surface area contributed by atoms with Crippen molar-refractivity contribution in [3.63, 3.8) is 0 Å². The fourth-order valence-corrected chi connectivity index (χ4v) is 5.09. The second-order valence-corrected chi connectivity index (χ2v) is 9.65. The minimum atomic E-state index is -0.225. The Labute approximate surface area is 174 Å². The minimum absolute atomic E-state index is 0.0126. The molecule has 2 atom stereocenters. The van der Waals surface area contributed by atoms with Gasteiger partial charge in [-0.1, -0.05) is 32.9 Å². The van der Waals surface area contributed by atoms with Gasteiger partial charge in [-0.2, -0.15) is 0 Å². The third kappa shape index (κ3) is 3.72. The first-order valence-corrected chi connectivity index (χ1v) is 11.0. The van der Waals surface area contributed by atoms with Gasteiger partial charge in [0.05, 0.1) is 11.4 Å². The van der Waals surface area contributed by atoms with E-state index in [0.717, 1.165) is 43.6 Å². The lowest BCUT2D eigenvalue weighted by molar-refractivity contribution is -0.146. The van der Waals surface area contributed by atoms with Crippen LogP contribution in [0.15, 0.2) is 35.6 Å². The predicted octanol–water partition coefficient (Wildman–Crippen LogP) is 5.09. The number of likely N-dealkylation sites (N-methyl/N-ethyl adjacent to an activating group) is 1. The first-order valence-electron chi connectivity index (χ1n) is 11.0. The van der Waals surface area contributed by atoms with Crippen LogP contribution in [0.3, 0.4) is 0 Å². The number of para-hydroxylation sites is 2. The van der Waals surface area contributed by atoms with E-state index in [9.17, 15) is 4.79 Å². The molecule has 158 valence electrons. The number of esters is 1. The molecule has 2 unspecified atom stereocenters. The topological polar surface area (TPSA) is 50.8 Å². The smallest absolute Gasteiger partial charge is 0.340 e. The molecule has 0 aromatic heterocycles. The number of hydrogen-bond donors (Lipinski definition) is 1. The summed E-state index contributed by atoms with van der Waals surface area (Å²) < 4.78 is 12.1. The zero-order valence-electron chi connectivity index (χ0n) is 18.3. The van der Waals surface area contributed by atoms with E-state index in [1.54, 1.807) is 0 Å². The molecule has 0 spiro atoms. The Morgan fingerprint density at radius 3 is 2.55 bits per heavy atom. The van der Waals surface area contributed by atoms with Gasteiger partial charge in [-0.15, -0.1) is 0 Å². The normalized spacial score (nSPS) is 28.9. The van der Waals surface area contributed by atoms with Crippen molar-refractivity contribution in [2.24, 2.45) is 11.3 Å². The highest BCUT2D eigenvalue weighted by Crippen LogP contribution is 2.42. The summed E-state index contributed by atoms with van der Waals surface area (Å²) in [5.41, 5.74) is 3.11. The number of carbonyl (C=O) groups is 1. The van der Waals surface area contributed by atoms with Crippen LogP contribution in [0.4, 0.5) is 11.4 Å². The van der Waals surface area contributed by atoms with Crippen molar-refractivity contribution in [1.29, 1.82) is 0 Å². The number of fused-ring (bicyclic) bond motifs is 2. The zero-order chi connectivity index (χ0) is 20.8. The monoisotopic (exact) mass is 398 g/mol. The molecule has 1 N–H and O–H groups in total. The molecular weight excluding hydrogens is 364 g/mol. The predicted molar refractivity (Wildman–Crippen MR) is 116 cm³/mol. The molecule has 1 fully saturated rings. The van der Waals surface area contributed by atoms with E-state index < -0.39 is 0 Å². The third-order valence-corrected chi connectivity index (χ3v) is 6.84. The number of carbonyl (C=O) groups excluding carboxylic acids is 1. The van der Waals surface area contributed by atoms with E-state index in [4.69, 9.17) is 9.47 Å². The number of rotatable bonds is 3. The summed E-state index contributed by atoms with van der Waals surface area (Å²) in [6.45, 7) is 11.7. The number of nitrogens with one attached hydrogen (secondary N) is 1. The number of allylic oxidation sites excluding steroid dienone is 1. The first-order chi connectivity index (χ1) is 13.8. The van der Waals surface area contributed by atoms with Crippen LogP contribution >= 0.6 is 0 Å². The van der Waals surface area contributed by atoms with E-state index in [0.29, 0.717) is 22.7 Å². The van der Waals surface area contributed by atoms with E-state index >= 15 is 0 Å². The summed E-state index contributed by atoms with van der Waals surface area (Å²) in [5.74, 6) is 1.15. The van der Waals surface area contributed by atoms with Crippen LogP contribution in [-0.2, 0) is 14.3 Å². The van der Waals surface area contributed by atoms with Gasteiger partial charge in [-0.05, 0) is 63.0 Å². The SMILES string of the molecule is CCN1c2ccccc2NC2C(C(=O)OC3CCC(C(C)(C)C)CC3)=C(C)OC21. The Hall–Kier alpha value is -2.17. The second-order valence-electron chi connectivity index (χ2n) is 9.65. The Kier molecular flexibility index (Phi) is 5.26. The van der Waals surface area contributed by atoms with Gasteiger partial charge in [0.2, 0.25) is 0 Å². The average Bonchev–Trinajstić information content (AvgIpc) is 3.01. The number of nitrogens with zero attached hydrogens (tertiary/aromatic N) is 1. The number of anilines is 2. The third-order valence-electron chi connectivity index (χ3n) is 6.84. The average molecular weight is 399 g/mol. The molecule has 1 saturated carbocycles. The maximum atomic E-state index is 13.1. The molecule has 5 nitrogen and oxygen atoms in total. The minimum Gasteiger partial charge on any atom is -0.472 e. The molecule has 3 aliphatic rings. The van der Waals surface area contributed by atoms with Crippen molar-refractivity contribution in [1.82, 2.24) is 0 Å². The van der Waals surface area contributed by atoms with Crippen LogP contribution < -0.4 is 10.2 Å². The number of hydrogen-bond acceptors (Lipinski definition) is 5. The molecule has 1 aromatic rings. The van der Waals surface area contributed by atoms with Gasteiger partial charge in [-0.25, -0.2) is 4.79 Å². The van der Waals surface area contributed by atoms with Crippen molar-refractivity contribution in [2.75, 3.05) is 16.8 Å². The lowest BCUT2D eigenvalue weighted by Crippen LogP contribution is -2.51. The highest BCUT2D eigenvalue weighted by atomic mass is 16.6. The van der Waals surface area contributed by atoms with Gasteiger partial charge in [0, 0.05) is 6.54 Å². The standard InChI is InChI=1S/C24H34N2O3/c1-6-26-19-10-8-7-9-18(19)25-21-20(15(2)28-22(21)26)23(27)29-17-13-11-16(12-14-17)24(3,4)5/h7-10,16-17,21-22,25H,6,11-14H2,1-5H3. The molecule has 1 aromatic carbocycles. The van der Waals surface area contributed by atoms with Crippen molar-refractivity contribution < 1.29 is 14.3 Å². The highest BCUT2D eigenvalue weighted by Gasteiger charge is 2.46. The Morgan fingerprint density at radius 2 is 1.90 bits per heavy atom. The fraction of sp³-hybridized carbons (Fsp3) is 0.625. The molecule has 4 rings (SSSR count). The van der Waals surface area contributed by atoms with E-state index in [1.165, 1.54) is 0 Å². The van der Waals surface area contributed by atoms with E-state index in [2.05, 4.69) is 50.0 Å². The van der Waals surface area contributed by atoms with Crippen molar-refractivity contribution >= 4 is 17.3 Å². The van der Waals surface area contributed by atoms with E-state index in [1.807, 2.05) is 19.1 Å². The molecule has 1 aliphatic carbocycles. The second kappa shape index (κ2) is 7.58. The number of ether oxygens (including phenoxy) is 2. The molecule has 2 aliphatic heterocycles. The summed E-state index contributed by atoms with van der Waals surface area (Å²) in [6.07, 6.45) is 3.94. The van der Waals surface area contributed by atoms with Crippen LogP contribution in [0.5, 0.6) is 0 Å². The molecule has 0 amide bonds. The van der Waals surface area contributed by atoms with Gasteiger partial charge in [0.15, 0.2) is 6.23 Å². The van der Waals surface area contributed by atoms with Crippen molar-refractivity contribution in [3.05, 3.63) is 35.6 Å². The molecule has 0 bridgehead atoms. The maximum Gasteiger partial charge on any atom is 0.340 e. The number of benzene rings is 1. The molecule has 5 heteroatoms. The molecule has 29 heavy (non-hydrogen) atoms. The van der Waals surface area contributed by atoms with Crippen LogP contribution in [0.25, 0.3) is 0 Å². The van der Waals surface area contributed by atoms with Crippen molar-refractivity contribution in [3.8, 4) is 0 Å². The Bertz CT molecular complexity index is 803. The van der Waals surface area contributed by atoms with Gasteiger partial charge in [0.1, 0.15) is 23.5 Å². The lowest BCUT2D eigenvalue weighted by Gasteiger charge is -2.40. The van der Waals surface area contributed by atoms with Crippen molar-refractivity contribution in [2.45, 2.75) is 78.7 Å². The zero-order valence-corrected chi connectivity index (χ0v) is 18.3. The molecule has 0 saturated heterocycles. The van der Waals surface area contributed by atoms with Crippen LogP contribution in [0.1, 0.15) is 60.3 Å². The molecule has 2 heterocycles.